The quantitative estimate of drug-likeness (QED) is 0.837. The summed E-state index contributed by atoms with van der Waals surface area (Å²) in [6.07, 6.45) is 4.73. The van der Waals surface area contributed by atoms with E-state index >= 15 is 0 Å². The molecule has 1 heterocycles. The van der Waals surface area contributed by atoms with Crippen LogP contribution in [0, 0.1) is 19.3 Å². The second kappa shape index (κ2) is 8.65. The standard InChI is InChI=1S/C24H38N2O3/c1-18-6-7-22(14-19(18)2)29-17-24(28)15-25(20(3)27)12-13-26(16-24)21-8-10-23(4,5)11-9-21/h6-7,14,21,28H,8-13,15-17H2,1-5H3/t24-/m1/s1. The zero-order chi connectivity index (χ0) is 21.2. The average molecular weight is 403 g/mol. The second-order valence-corrected chi connectivity index (χ2v) is 10.1. The molecule has 1 aromatic carbocycles. The van der Waals surface area contributed by atoms with Crippen molar-refractivity contribution in [2.45, 2.75) is 71.9 Å². The molecular formula is C24H38N2O3. The van der Waals surface area contributed by atoms with Crippen molar-refractivity contribution < 1.29 is 14.6 Å². The minimum absolute atomic E-state index is 0.0150. The smallest absolute Gasteiger partial charge is 0.219 e. The Balaban J connectivity index is 1.72. The molecule has 5 nitrogen and oxygen atoms in total. The molecular weight excluding hydrogens is 364 g/mol. The highest BCUT2D eigenvalue weighted by molar-refractivity contribution is 5.73. The van der Waals surface area contributed by atoms with Crippen LogP contribution < -0.4 is 4.74 Å². The van der Waals surface area contributed by atoms with Crippen LogP contribution in [0.5, 0.6) is 5.75 Å². The van der Waals surface area contributed by atoms with Gasteiger partial charge in [-0.25, -0.2) is 0 Å². The first kappa shape index (κ1) is 22.1. The van der Waals surface area contributed by atoms with Gasteiger partial charge < -0.3 is 14.7 Å². The summed E-state index contributed by atoms with van der Waals surface area (Å²) >= 11 is 0. The van der Waals surface area contributed by atoms with Crippen LogP contribution >= 0.6 is 0 Å². The third kappa shape index (κ3) is 5.73. The van der Waals surface area contributed by atoms with Crippen LogP contribution in [0.2, 0.25) is 0 Å². The van der Waals surface area contributed by atoms with Gasteiger partial charge in [0.1, 0.15) is 18.0 Å². The molecule has 162 valence electrons. The van der Waals surface area contributed by atoms with E-state index in [2.05, 4.69) is 32.6 Å². The summed E-state index contributed by atoms with van der Waals surface area (Å²) in [4.78, 5) is 16.3. The molecule has 2 fully saturated rings. The van der Waals surface area contributed by atoms with E-state index in [1.165, 1.54) is 24.0 Å². The van der Waals surface area contributed by atoms with Gasteiger partial charge in [0, 0.05) is 32.6 Å². The fourth-order valence-electron chi connectivity index (χ4n) is 4.63. The number of carbonyl (C=O) groups excluding carboxylic acids is 1. The van der Waals surface area contributed by atoms with Crippen molar-refractivity contribution in [3.05, 3.63) is 29.3 Å². The van der Waals surface area contributed by atoms with Gasteiger partial charge >= 0.3 is 0 Å². The molecule has 5 heteroatoms. The molecule has 1 saturated carbocycles. The third-order valence-corrected chi connectivity index (χ3v) is 6.90. The number of amides is 1. The lowest BCUT2D eigenvalue weighted by Crippen LogP contribution is -2.53. The topological polar surface area (TPSA) is 53.0 Å². The maximum atomic E-state index is 12.1. The van der Waals surface area contributed by atoms with Crippen molar-refractivity contribution in [1.29, 1.82) is 0 Å². The van der Waals surface area contributed by atoms with Crippen LogP contribution in [0.1, 0.15) is 57.6 Å². The number of aliphatic hydroxyl groups is 1. The molecule has 0 radical (unpaired) electrons. The van der Waals surface area contributed by atoms with Crippen molar-refractivity contribution in [3.8, 4) is 5.75 Å². The highest BCUT2D eigenvalue weighted by Gasteiger charge is 2.40. The van der Waals surface area contributed by atoms with Gasteiger partial charge in [-0.05, 0) is 68.2 Å². The zero-order valence-corrected chi connectivity index (χ0v) is 18.8. The summed E-state index contributed by atoms with van der Waals surface area (Å²) in [7, 11) is 0. The van der Waals surface area contributed by atoms with Gasteiger partial charge in [-0.2, -0.15) is 0 Å². The van der Waals surface area contributed by atoms with Gasteiger partial charge in [0.2, 0.25) is 5.91 Å². The molecule has 0 aromatic heterocycles. The summed E-state index contributed by atoms with van der Waals surface area (Å²) < 4.78 is 6.02. The summed E-state index contributed by atoms with van der Waals surface area (Å²) in [6, 6.07) is 6.48. The third-order valence-electron chi connectivity index (χ3n) is 6.90. The molecule has 0 unspecified atom stereocenters. The Morgan fingerprint density at radius 2 is 1.83 bits per heavy atom. The van der Waals surface area contributed by atoms with Crippen molar-refractivity contribution in [3.63, 3.8) is 0 Å². The van der Waals surface area contributed by atoms with Crippen molar-refractivity contribution in [1.82, 2.24) is 9.80 Å². The Labute approximate surface area is 176 Å². The van der Waals surface area contributed by atoms with Gasteiger partial charge in [-0.3, -0.25) is 9.69 Å². The average Bonchev–Trinajstić information content (AvgIpc) is 2.83. The lowest BCUT2D eigenvalue weighted by Gasteiger charge is -2.41. The van der Waals surface area contributed by atoms with Crippen molar-refractivity contribution >= 4 is 5.91 Å². The first-order valence-electron chi connectivity index (χ1n) is 11.0. The fraction of sp³-hybridized carbons (Fsp3) is 0.708. The lowest BCUT2D eigenvalue weighted by molar-refractivity contribution is -0.132. The molecule has 29 heavy (non-hydrogen) atoms. The number of benzene rings is 1. The number of ether oxygens (including phenoxy) is 1. The van der Waals surface area contributed by atoms with Gasteiger partial charge in [0.15, 0.2) is 0 Å². The van der Waals surface area contributed by atoms with Crippen molar-refractivity contribution in [2.24, 2.45) is 5.41 Å². The van der Waals surface area contributed by atoms with Gasteiger partial charge in [0.05, 0.1) is 6.54 Å². The molecule has 1 amide bonds. The van der Waals surface area contributed by atoms with E-state index in [4.69, 9.17) is 4.74 Å². The van der Waals surface area contributed by atoms with E-state index in [9.17, 15) is 9.90 Å². The minimum Gasteiger partial charge on any atom is -0.490 e. The number of rotatable bonds is 4. The largest absolute Gasteiger partial charge is 0.490 e. The van der Waals surface area contributed by atoms with Crippen LogP contribution in [-0.4, -0.2) is 65.2 Å². The summed E-state index contributed by atoms with van der Waals surface area (Å²) in [6.45, 7) is 13.0. The second-order valence-electron chi connectivity index (χ2n) is 10.1. The van der Waals surface area contributed by atoms with Crippen LogP contribution in [0.3, 0.4) is 0 Å². The molecule has 1 aliphatic carbocycles. The molecule has 1 aliphatic heterocycles. The molecule has 0 spiro atoms. The number of hydrogen-bond acceptors (Lipinski definition) is 4. The van der Waals surface area contributed by atoms with Gasteiger partial charge in [-0.15, -0.1) is 0 Å². The fourth-order valence-corrected chi connectivity index (χ4v) is 4.63. The Morgan fingerprint density at radius 3 is 2.45 bits per heavy atom. The molecule has 1 aromatic rings. The number of hydrogen-bond donors (Lipinski definition) is 1. The maximum absolute atomic E-state index is 12.1. The Bertz CT molecular complexity index is 723. The van der Waals surface area contributed by atoms with Gasteiger partial charge in [-0.1, -0.05) is 19.9 Å². The van der Waals surface area contributed by atoms with Crippen LogP contribution in [0.15, 0.2) is 18.2 Å². The summed E-state index contributed by atoms with van der Waals surface area (Å²) in [5.74, 6) is 0.785. The van der Waals surface area contributed by atoms with Crippen LogP contribution in [-0.2, 0) is 4.79 Å². The SMILES string of the molecule is CC(=O)N1CCN(C2CCC(C)(C)CC2)C[C@@](O)(COc2ccc(C)c(C)c2)C1. The molecule has 3 rings (SSSR count). The van der Waals surface area contributed by atoms with Crippen LogP contribution in [0.25, 0.3) is 0 Å². The normalized spacial score (nSPS) is 26.2. The summed E-state index contributed by atoms with van der Waals surface area (Å²) in [5.41, 5.74) is 1.73. The Morgan fingerprint density at radius 1 is 1.14 bits per heavy atom. The van der Waals surface area contributed by atoms with E-state index in [-0.39, 0.29) is 12.5 Å². The Hall–Kier alpha value is -1.59. The Kier molecular flexibility index (Phi) is 6.59. The molecule has 2 aliphatic rings. The highest BCUT2D eigenvalue weighted by atomic mass is 16.5. The number of aryl methyl sites for hydroxylation is 2. The molecule has 0 bridgehead atoms. The number of β-amino-alcohol motifs (C(OH)–C–C–N with tert-alkyl or cyclic N) is 1. The first-order valence-corrected chi connectivity index (χ1v) is 11.0. The zero-order valence-electron chi connectivity index (χ0n) is 18.8. The minimum atomic E-state index is -1.08. The first-order chi connectivity index (χ1) is 13.6. The van der Waals surface area contributed by atoms with E-state index in [1.807, 2.05) is 18.2 Å². The van der Waals surface area contributed by atoms with E-state index in [1.54, 1.807) is 11.8 Å². The van der Waals surface area contributed by atoms with E-state index in [0.717, 1.165) is 25.1 Å². The lowest BCUT2D eigenvalue weighted by atomic mass is 9.75. The predicted molar refractivity (Wildman–Crippen MR) is 116 cm³/mol. The van der Waals surface area contributed by atoms with Crippen LogP contribution in [0.4, 0.5) is 0 Å². The van der Waals surface area contributed by atoms with Gasteiger partial charge in [0.25, 0.3) is 0 Å². The summed E-state index contributed by atoms with van der Waals surface area (Å²) in [5, 5.41) is 11.5. The molecule has 1 saturated heterocycles. The predicted octanol–water partition coefficient (Wildman–Crippen LogP) is 3.55. The number of nitrogens with zero attached hydrogens (tertiary/aromatic N) is 2. The monoisotopic (exact) mass is 402 g/mol. The van der Waals surface area contributed by atoms with E-state index in [0.29, 0.717) is 31.1 Å². The van der Waals surface area contributed by atoms with E-state index < -0.39 is 5.60 Å². The molecule has 1 N–H and O–H groups in total. The van der Waals surface area contributed by atoms with Crippen molar-refractivity contribution in [2.75, 3.05) is 32.8 Å². The molecule has 1 atom stereocenters. The number of carbonyl (C=O) groups is 1. The highest BCUT2D eigenvalue weighted by Crippen LogP contribution is 2.37. The maximum Gasteiger partial charge on any atom is 0.219 e.